The molecule has 0 bridgehead atoms. The number of methoxy groups -OCH3 is 1. The first-order valence-corrected chi connectivity index (χ1v) is 14.4. The van der Waals surface area contributed by atoms with Gasteiger partial charge in [0, 0.05) is 25.9 Å². The number of fused-ring (bicyclic) bond motifs is 1. The van der Waals surface area contributed by atoms with E-state index in [1.165, 1.54) is 5.56 Å². The Hall–Kier alpha value is -0.983. The average Bonchev–Trinajstić information content (AvgIpc) is 3.20. The predicted molar refractivity (Wildman–Crippen MR) is 124 cm³/mol. The molecule has 4 nitrogen and oxygen atoms in total. The zero-order valence-electron chi connectivity index (χ0n) is 19.3. The summed E-state index contributed by atoms with van der Waals surface area (Å²) in [6.07, 6.45) is 8.74. The summed E-state index contributed by atoms with van der Waals surface area (Å²) in [6.45, 7) is 8.49. The van der Waals surface area contributed by atoms with E-state index in [0.29, 0.717) is 18.3 Å². The third-order valence-electron chi connectivity index (χ3n) is 7.62. The highest BCUT2D eigenvalue weighted by Gasteiger charge is 2.48. The third kappa shape index (κ3) is 5.63. The summed E-state index contributed by atoms with van der Waals surface area (Å²) in [5, 5.41) is 10.6. The average molecular weight is 433 g/mol. The molecule has 2 aliphatic rings. The molecule has 1 saturated heterocycles. The lowest BCUT2D eigenvalue weighted by Gasteiger charge is -2.37. The van der Waals surface area contributed by atoms with Gasteiger partial charge in [0.1, 0.15) is 0 Å². The number of benzene rings is 1. The van der Waals surface area contributed by atoms with E-state index in [-0.39, 0.29) is 29.5 Å². The lowest BCUT2D eigenvalue weighted by Crippen LogP contribution is -2.40. The Labute approximate surface area is 183 Å². The number of aliphatic hydroxyl groups excluding tert-OH is 1. The van der Waals surface area contributed by atoms with E-state index in [4.69, 9.17) is 9.47 Å². The first kappa shape index (κ1) is 23.7. The van der Waals surface area contributed by atoms with Gasteiger partial charge in [0.05, 0.1) is 12.2 Å². The van der Waals surface area contributed by atoms with Crippen molar-refractivity contribution in [1.82, 2.24) is 0 Å². The van der Waals surface area contributed by atoms with Crippen LogP contribution in [0, 0.1) is 17.8 Å². The molecule has 5 heteroatoms. The molecule has 168 valence electrons. The van der Waals surface area contributed by atoms with Gasteiger partial charge in [-0.05, 0) is 54.8 Å². The normalized spacial score (nSPS) is 30.7. The lowest BCUT2D eigenvalue weighted by atomic mass is 9.86. The van der Waals surface area contributed by atoms with Crippen molar-refractivity contribution in [3.05, 3.63) is 48.0 Å². The minimum absolute atomic E-state index is 0.0763. The van der Waals surface area contributed by atoms with Crippen molar-refractivity contribution in [3.63, 3.8) is 0 Å². The molecule has 0 aromatic heterocycles. The zero-order valence-corrected chi connectivity index (χ0v) is 20.3. The van der Waals surface area contributed by atoms with Crippen molar-refractivity contribution in [2.75, 3.05) is 7.11 Å². The van der Waals surface area contributed by atoms with Gasteiger partial charge in [-0.3, -0.25) is 0 Å². The number of hydrogen-bond donors (Lipinski definition) is 2. The van der Waals surface area contributed by atoms with Crippen LogP contribution in [0.25, 0.3) is 0 Å². The van der Waals surface area contributed by atoms with Gasteiger partial charge in [-0.25, -0.2) is 0 Å². The Morgan fingerprint density at radius 2 is 1.93 bits per heavy atom. The summed E-state index contributed by atoms with van der Waals surface area (Å²) in [6, 6.07) is 10.6. The Bertz CT molecular complexity index is 697. The summed E-state index contributed by atoms with van der Waals surface area (Å²) >= 11 is 0. The molecule has 1 aromatic rings. The maximum Gasteiger partial charge on any atom is 0.188 e. The monoisotopic (exact) mass is 432 g/mol. The van der Waals surface area contributed by atoms with Crippen LogP contribution in [0.15, 0.2) is 42.5 Å². The van der Waals surface area contributed by atoms with Crippen molar-refractivity contribution >= 4 is 8.32 Å². The van der Waals surface area contributed by atoms with Gasteiger partial charge in [0.25, 0.3) is 0 Å². The van der Waals surface area contributed by atoms with E-state index in [1.807, 2.05) is 13.1 Å². The summed E-state index contributed by atoms with van der Waals surface area (Å²) < 4.78 is 11.3. The molecular weight excluding hydrogens is 392 g/mol. The molecule has 1 unspecified atom stereocenters. The largest absolute Gasteiger partial charge is 0.432 e. The molecule has 1 aliphatic heterocycles. The van der Waals surface area contributed by atoms with Crippen LogP contribution in [0.1, 0.15) is 45.1 Å². The number of aliphatic hydroxyl groups is 1. The molecule has 1 aliphatic carbocycles. The van der Waals surface area contributed by atoms with Crippen LogP contribution in [0.5, 0.6) is 0 Å². The molecule has 6 atom stereocenters. The van der Waals surface area contributed by atoms with Gasteiger partial charge >= 0.3 is 0 Å². The van der Waals surface area contributed by atoms with Gasteiger partial charge in [-0.1, -0.05) is 56.3 Å². The summed E-state index contributed by atoms with van der Waals surface area (Å²) in [7, 11) is -0.595. The van der Waals surface area contributed by atoms with Gasteiger partial charge in [-0.15, -0.1) is 0 Å². The smallest absolute Gasteiger partial charge is 0.188 e. The number of allylic oxidation sites excluding steroid dienone is 1. The maximum absolute atomic E-state index is 10.8. The fourth-order valence-electron chi connectivity index (χ4n) is 4.92. The standard InChI is InChI=1S/C25H40O4Si/c1-25(2,30(4,5)27)17-19(12-11-18-9-7-6-8-10-18)13-14-20-21-15-24(28-3)29-23(21)16-22(20)26/h6-10,13-14,19-24,26-27H,11-12,15-17H2,1-5H3/b14-13+/t19-,20+,21+,22+,23-,24?/m0/s1. The quantitative estimate of drug-likeness (QED) is 0.430. The first-order chi connectivity index (χ1) is 14.1. The van der Waals surface area contributed by atoms with Crippen LogP contribution < -0.4 is 0 Å². The second kappa shape index (κ2) is 9.66. The van der Waals surface area contributed by atoms with Crippen molar-refractivity contribution in [3.8, 4) is 0 Å². The molecule has 1 heterocycles. The van der Waals surface area contributed by atoms with Crippen LogP contribution >= 0.6 is 0 Å². The SMILES string of the molecule is COC1C[C@@H]2[C@@H](/C=C/[C@H](CCc3ccccc3)CC(C)(C)[Si](C)(C)O)[C@H](O)C[C@@H]2O1. The molecule has 30 heavy (non-hydrogen) atoms. The number of rotatable bonds is 9. The molecule has 0 spiro atoms. The van der Waals surface area contributed by atoms with Gasteiger partial charge in [0.2, 0.25) is 0 Å². The minimum atomic E-state index is -2.29. The summed E-state index contributed by atoms with van der Waals surface area (Å²) in [4.78, 5) is 10.8. The van der Waals surface area contributed by atoms with E-state index >= 15 is 0 Å². The number of hydrogen-bond acceptors (Lipinski definition) is 4. The van der Waals surface area contributed by atoms with Crippen LogP contribution in [0.2, 0.25) is 18.1 Å². The van der Waals surface area contributed by atoms with E-state index < -0.39 is 8.32 Å². The summed E-state index contributed by atoms with van der Waals surface area (Å²) in [5.41, 5.74) is 1.35. The van der Waals surface area contributed by atoms with Crippen LogP contribution in [-0.4, -0.2) is 43.8 Å². The molecule has 1 saturated carbocycles. The van der Waals surface area contributed by atoms with Gasteiger partial charge in [-0.2, -0.15) is 0 Å². The van der Waals surface area contributed by atoms with Crippen LogP contribution in [0.3, 0.4) is 0 Å². The van der Waals surface area contributed by atoms with Crippen molar-refractivity contribution in [2.45, 2.75) is 82.6 Å². The molecule has 2 fully saturated rings. The highest BCUT2D eigenvalue weighted by molar-refractivity contribution is 6.72. The van der Waals surface area contributed by atoms with E-state index in [0.717, 1.165) is 25.7 Å². The van der Waals surface area contributed by atoms with E-state index in [2.05, 4.69) is 56.3 Å². The second-order valence-electron chi connectivity index (χ2n) is 10.4. The highest BCUT2D eigenvalue weighted by atomic mass is 28.4. The Kier molecular flexibility index (Phi) is 7.62. The maximum atomic E-state index is 10.8. The Morgan fingerprint density at radius 1 is 1.23 bits per heavy atom. The molecule has 2 N–H and O–H groups in total. The third-order valence-corrected chi connectivity index (χ3v) is 11.1. The van der Waals surface area contributed by atoms with Crippen molar-refractivity contribution in [1.29, 1.82) is 0 Å². The predicted octanol–water partition coefficient (Wildman–Crippen LogP) is 4.92. The van der Waals surface area contributed by atoms with Gasteiger partial charge < -0.3 is 19.4 Å². The van der Waals surface area contributed by atoms with E-state index in [1.54, 1.807) is 7.11 Å². The molecule has 1 aromatic carbocycles. The van der Waals surface area contributed by atoms with Crippen molar-refractivity contribution in [2.24, 2.45) is 17.8 Å². The van der Waals surface area contributed by atoms with Crippen LogP contribution in [0.4, 0.5) is 0 Å². The topological polar surface area (TPSA) is 58.9 Å². The second-order valence-corrected chi connectivity index (χ2v) is 14.9. The first-order valence-electron chi connectivity index (χ1n) is 11.4. The van der Waals surface area contributed by atoms with Crippen LogP contribution in [-0.2, 0) is 15.9 Å². The number of ether oxygens (including phenoxy) is 2. The molecule has 0 radical (unpaired) electrons. The minimum Gasteiger partial charge on any atom is -0.432 e. The summed E-state index contributed by atoms with van der Waals surface area (Å²) in [5.74, 6) is 0.815. The fraction of sp³-hybridized carbons (Fsp3) is 0.680. The van der Waals surface area contributed by atoms with Gasteiger partial charge in [0.15, 0.2) is 14.6 Å². The fourth-order valence-corrected chi connectivity index (χ4v) is 5.68. The zero-order chi connectivity index (χ0) is 21.9. The molecule has 0 amide bonds. The Morgan fingerprint density at radius 3 is 2.57 bits per heavy atom. The Balaban J connectivity index is 1.72. The highest BCUT2D eigenvalue weighted by Crippen LogP contribution is 2.46. The molecule has 3 rings (SSSR count). The van der Waals surface area contributed by atoms with Crippen molar-refractivity contribution < 1.29 is 19.4 Å². The lowest BCUT2D eigenvalue weighted by molar-refractivity contribution is -0.118. The molecular formula is C25H40O4Si. The van der Waals surface area contributed by atoms with E-state index in [9.17, 15) is 9.90 Å². The number of aryl methyl sites for hydroxylation is 1.